The zero-order chi connectivity index (χ0) is 24.1. The Bertz CT molecular complexity index is 653. The molecule has 11 nitrogen and oxygen atoms in total. The van der Waals surface area contributed by atoms with Gasteiger partial charge in [0.1, 0.15) is 0 Å². The van der Waals surface area contributed by atoms with Crippen LogP contribution in [0.3, 0.4) is 0 Å². The highest BCUT2D eigenvalue weighted by Gasteiger charge is 2.28. The summed E-state index contributed by atoms with van der Waals surface area (Å²) in [5, 5.41) is 16.6. The molecule has 4 N–H and O–H groups in total. The van der Waals surface area contributed by atoms with Crippen LogP contribution >= 0.6 is 0 Å². The summed E-state index contributed by atoms with van der Waals surface area (Å²) in [6.07, 6.45) is 2.92. The van der Waals surface area contributed by atoms with Gasteiger partial charge in [0.15, 0.2) is 0 Å². The Morgan fingerprint density at radius 3 is 2.06 bits per heavy atom. The van der Waals surface area contributed by atoms with Crippen molar-refractivity contribution in [2.75, 3.05) is 72.5 Å². The molecule has 0 aliphatic carbocycles. The minimum absolute atomic E-state index is 0.0113. The van der Waals surface area contributed by atoms with Crippen molar-refractivity contribution in [3.05, 3.63) is 0 Å². The number of nitrogens with one attached hydrogen (secondary N) is 3. The van der Waals surface area contributed by atoms with Gasteiger partial charge in [-0.1, -0.05) is 0 Å². The van der Waals surface area contributed by atoms with Crippen LogP contribution in [0, 0.1) is 0 Å². The maximum absolute atomic E-state index is 12.3. The highest BCUT2D eigenvalue weighted by atomic mass is 16.5. The average molecular weight is 482 g/mol. The fourth-order valence-corrected chi connectivity index (χ4v) is 4.15. The SMILES string of the molecule is CN1CC[15N](CC2CCC[15N]2CC(=O)NC[13CH2][13C](=O)N[13CH2][13CH2][13C](=O)[15NH][13CH2][13CH2][13CH2][13C](=O)O)[13CH2][13CH2]1. The highest BCUT2D eigenvalue weighted by Crippen LogP contribution is 2.18. The molecule has 33 heavy (non-hydrogen) atoms. The molecule has 0 aromatic carbocycles. The largest absolute Gasteiger partial charge is 0.481 e. The number of carbonyl (C=O) groups excluding carboxylic acids is 3. The minimum Gasteiger partial charge on any atom is -0.481 e. The molecule has 1 unspecified atom stereocenters. The van der Waals surface area contributed by atoms with Gasteiger partial charge in [-0.3, -0.25) is 29.0 Å². The van der Waals surface area contributed by atoms with E-state index in [4.69, 9.17) is 5.11 Å². The molecule has 0 radical (unpaired) electrons. The van der Waals surface area contributed by atoms with Crippen molar-refractivity contribution < 1.29 is 24.3 Å². The summed E-state index contributed by atoms with van der Waals surface area (Å²) in [5.41, 5.74) is 0. The second-order valence-electron chi connectivity index (χ2n) is 8.92. The van der Waals surface area contributed by atoms with Gasteiger partial charge in [0.2, 0.25) is 17.7 Å². The van der Waals surface area contributed by atoms with E-state index < -0.39 is 5.97 Å². The highest BCUT2D eigenvalue weighted by molar-refractivity contribution is 5.81. The summed E-state index contributed by atoms with van der Waals surface area (Å²) in [6.45, 7) is 7.42. The molecule has 11 heteroatoms. The number of rotatable bonds is 14. The summed E-state index contributed by atoms with van der Waals surface area (Å²) in [4.78, 5) is 53.4. The van der Waals surface area contributed by atoms with E-state index in [0.29, 0.717) is 25.6 Å². The maximum Gasteiger partial charge on any atom is 0.303 e. The van der Waals surface area contributed by atoms with Crippen LogP contribution in [-0.2, 0) is 19.2 Å². The number of nitrogens with zero attached hydrogens (tertiary/aromatic N) is 3. The lowest BCUT2D eigenvalue weighted by molar-refractivity contribution is -0.137. The lowest BCUT2D eigenvalue weighted by Gasteiger charge is -2.36. The number of amides is 3. The first-order valence-electron chi connectivity index (χ1n) is 12.0. The van der Waals surface area contributed by atoms with E-state index in [9.17, 15) is 19.2 Å². The van der Waals surface area contributed by atoms with Crippen LogP contribution in [0.15, 0.2) is 0 Å². The van der Waals surface area contributed by atoms with Crippen molar-refractivity contribution in [2.24, 2.45) is 0 Å². The number of likely N-dealkylation sites (N-methyl/N-ethyl adjacent to an activating group) is 1. The molecular weight excluding hydrogens is 442 g/mol. The number of likely N-dealkylation sites (tertiary alicyclic amines) is 1. The predicted molar refractivity (Wildman–Crippen MR) is 124 cm³/mol. The molecule has 2 heterocycles. The summed E-state index contributed by atoms with van der Waals surface area (Å²) >= 11 is 0. The predicted octanol–water partition coefficient (Wildman–Crippen LogP) is -1.31. The van der Waals surface area contributed by atoms with E-state index in [0.717, 1.165) is 52.1 Å². The third kappa shape index (κ3) is 11.4. The van der Waals surface area contributed by atoms with Gasteiger partial charge >= 0.3 is 5.97 Å². The fraction of sp³-hybridized carbons (Fsp3) is 0.818. The Hall–Kier alpha value is -2.24. The number of aliphatic carboxylic acids is 1. The van der Waals surface area contributed by atoms with Crippen LogP contribution in [0.2, 0.25) is 0 Å². The van der Waals surface area contributed by atoms with Gasteiger partial charge in [-0.15, -0.1) is 0 Å². The summed E-state index contributed by atoms with van der Waals surface area (Å²) < 4.78 is 0. The molecule has 0 aromatic rings. The van der Waals surface area contributed by atoms with E-state index in [-0.39, 0.29) is 50.1 Å². The Morgan fingerprint density at radius 1 is 0.818 bits per heavy atom. The van der Waals surface area contributed by atoms with Gasteiger partial charge in [-0.05, 0) is 32.9 Å². The number of piperazine rings is 1. The molecule has 0 saturated carbocycles. The molecule has 3 amide bonds. The van der Waals surface area contributed by atoms with Gasteiger partial charge in [-0.25, -0.2) is 0 Å². The molecule has 188 valence electrons. The number of carboxylic acid groups (broad SMARTS) is 1. The van der Waals surface area contributed by atoms with Crippen LogP contribution in [0.5, 0.6) is 0 Å². The quantitative estimate of drug-likeness (QED) is 0.136. The normalized spacial score (nSPS) is 19.8. The Balaban J connectivity index is 1.52. The Labute approximate surface area is 196 Å². The molecular formula is C22H40N6O5. The van der Waals surface area contributed by atoms with Crippen molar-refractivity contribution in [1.82, 2.24) is 30.7 Å². The Kier molecular flexibility index (Phi) is 12.1. The van der Waals surface area contributed by atoms with Crippen LogP contribution in [0.25, 0.3) is 0 Å². The number of hydrogen-bond donors (Lipinski definition) is 4. The van der Waals surface area contributed by atoms with Crippen LogP contribution in [0.1, 0.15) is 38.5 Å². The molecule has 2 aliphatic heterocycles. The van der Waals surface area contributed by atoms with Crippen molar-refractivity contribution >= 4 is 23.7 Å². The van der Waals surface area contributed by atoms with Crippen LogP contribution < -0.4 is 16.0 Å². The van der Waals surface area contributed by atoms with Gasteiger partial charge in [0.25, 0.3) is 0 Å². The fourth-order valence-electron chi connectivity index (χ4n) is 4.15. The summed E-state index contributed by atoms with van der Waals surface area (Å²) in [6, 6.07) is 0.415. The monoisotopic (exact) mass is 482 g/mol. The number of carboxylic acids is 1. The van der Waals surface area contributed by atoms with Crippen molar-refractivity contribution in [3.63, 3.8) is 0 Å². The van der Waals surface area contributed by atoms with Gasteiger partial charge < -0.3 is 26.0 Å². The van der Waals surface area contributed by atoms with Crippen LogP contribution in [-0.4, -0.2) is 122 Å². The van der Waals surface area contributed by atoms with E-state index in [1.165, 1.54) is 0 Å². The molecule has 0 spiro atoms. The van der Waals surface area contributed by atoms with E-state index in [1.54, 1.807) is 0 Å². The summed E-state index contributed by atoms with van der Waals surface area (Å²) in [7, 11) is 2.15. The molecule has 2 aliphatic rings. The maximum atomic E-state index is 12.3. The molecule has 0 aromatic heterocycles. The third-order valence-corrected chi connectivity index (χ3v) is 6.15. The standard InChI is InChI=1S/C22H40N6O5/c1-26-12-14-27(15-13-26)16-18-4-3-11-28(18)17-21(31)25-10-7-20(30)24-9-6-19(29)23-8-2-5-22(32)33/h18H,2-17H2,1H3,(H,23,29)(H,24,30)(H,25,31)(H,32,33)/i2+1,5+1,6+1,7+1,8+1,9+1,12+1,14+1,19+1,20+1,22+1,23+1,27+1,28+1. The molecule has 0 bridgehead atoms. The molecule has 1 atom stereocenters. The van der Waals surface area contributed by atoms with Crippen molar-refractivity contribution in [3.8, 4) is 0 Å². The second-order valence-corrected chi connectivity index (χ2v) is 8.92. The van der Waals surface area contributed by atoms with Gasteiger partial charge in [-0.2, -0.15) is 0 Å². The smallest absolute Gasteiger partial charge is 0.303 e. The van der Waals surface area contributed by atoms with E-state index in [1.807, 2.05) is 0 Å². The summed E-state index contributed by atoms with van der Waals surface area (Å²) in [5.74, 6) is -1.41. The molecule has 2 fully saturated rings. The van der Waals surface area contributed by atoms with E-state index >= 15 is 0 Å². The first kappa shape index (κ1) is 27.0. The zero-order valence-electron chi connectivity index (χ0n) is 19.8. The minimum atomic E-state index is -0.894. The van der Waals surface area contributed by atoms with Gasteiger partial charge in [0, 0.05) is 77.7 Å². The van der Waals surface area contributed by atoms with Gasteiger partial charge in [0.05, 0.1) is 6.54 Å². The van der Waals surface area contributed by atoms with Crippen molar-refractivity contribution in [2.45, 2.75) is 44.6 Å². The zero-order valence-corrected chi connectivity index (χ0v) is 19.8. The first-order valence-corrected chi connectivity index (χ1v) is 12.0. The van der Waals surface area contributed by atoms with E-state index in [2.05, 4.69) is 37.7 Å². The van der Waals surface area contributed by atoms with Crippen LogP contribution in [0.4, 0.5) is 0 Å². The lowest BCUT2D eigenvalue weighted by Crippen LogP contribution is -2.50. The topological polar surface area (TPSA) is 134 Å². The lowest BCUT2D eigenvalue weighted by atomic mass is 10.2. The number of carbonyl (C=O) groups is 4. The number of hydrogen-bond acceptors (Lipinski definition) is 7. The Morgan fingerprint density at radius 2 is 1.42 bits per heavy atom. The molecule has 2 rings (SSSR count). The second kappa shape index (κ2) is 14.8. The first-order chi connectivity index (χ1) is 15.8. The molecule has 2 saturated heterocycles. The average Bonchev–Trinajstić information content (AvgIpc) is 3.19. The van der Waals surface area contributed by atoms with Crippen molar-refractivity contribution in [1.29, 1.82) is 0 Å². The third-order valence-electron chi connectivity index (χ3n) is 6.15.